The third-order valence-electron chi connectivity index (χ3n) is 2.24. The lowest BCUT2D eigenvalue weighted by Gasteiger charge is -2.27. The van der Waals surface area contributed by atoms with Crippen LogP contribution in [0, 0.1) is 0 Å². The molecule has 4 N–H and O–H groups in total. The highest BCUT2D eigenvalue weighted by Gasteiger charge is 2.20. The monoisotopic (exact) mass is 239 g/mol. The number of nitrogens with two attached hydrogens (primary N) is 2. The molecule has 0 aliphatic rings. The first-order valence-corrected chi connectivity index (χ1v) is 5.16. The molecule has 17 heavy (non-hydrogen) atoms. The van der Waals surface area contributed by atoms with Crippen molar-refractivity contribution < 1.29 is 9.53 Å². The van der Waals surface area contributed by atoms with Gasteiger partial charge in [-0.25, -0.2) is 9.97 Å². The van der Waals surface area contributed by atoms with E-state index in [1.165, 1.54) is 13.4 Å². The lowest BCUT2D eigenvalue weighted by atomic mass is 10.3. The van der Waals surface area contributed by atoms with Crippen LogP contribution in [0.4, 0.5) is 11.6 Å². The molecule has 0 aliphatic heterocycles. The molecule has 1 amide bonds. The van der Waals surface area contributed by atoms with Crippen molar-refractivity contribution in [1.29, 1.82) is 0 Å². The summed E-state index contributed by atoms with van der Waals surface area (Å²) in [6, 6.07) is 0.0331. The number of carbonyl (C=O) groups is 1. The average Bonchev–Trinajstić information content (AvgIpc) is 2.25. The van der Waals surface area contributed by atoms with Crippen LogP contribution in [0.5, 0.6) is 5.75 Å². The zero-order valence-electron chi connectivity index (χ0n) is 10.2. The molecule has 0 spiro atoms. The van der Waals surface area contributed by atoms with Crippen LogP contribution >= 0.6 is 0 Å². The second-order valence-electron chi connectivity index (χ2n) is 3.80. The van der Waals surface area contributed by atoms with Gasteiger partial charge in [0.05, 0.1) is 13.7 Å². The Bertz CT molecular complexity index is 408. The van der Waals surface area contributed by atoms with Crippen molar-refractivity contribution in [1.82, 2.24) is 9.97 Å². The summed E-state index contributed by atoms with van der Waals surface area (Å²) in [5.41, 5.74) is 10.9. The van der Waals surface area contributed by atoms with E-state index in [1.54, 1.807) is 4.90 Å². The first kappa shape index (κ1) is 13.0. The summed E-state index contributed by atoms with van der Waals surface area (Å²) in [6.07, 6.45) is 1.32. The summed E-state index contributed by atoms with van der Waals surface area (Å²) in [7, 11) is 1.47. The average molecular weight is 239 g/mol. The standard InChI is InChI=1S/C10H17N5O2/c1-6(2)15(4-7(11)16)10-8(17-3)9(12)13-5-14-10/h5-6H,4H2,1-3H3,(H2,11,16)(H2,12,13,14). The van der Waals surface area contributed by atoms with E-state index in [0.29, 0.717) is 11.6 Å². The maximum atomic E-state index is 11.0. The molecule has 0 radical (unpaired) electrons. The van der Waals surface area contributed by atoms with Gasteiger partial charge in [-0.2, -0.15) is 0 Å². The van der Waals surface area contributed by atoms with Crippen LogP contribution in [0.3, 0.4) is 0 Å². The molecule has 0 unspecified atom stereocenters. The smallest absolute Gasteiger partial charge is 0.237 e. The molecule has 0 saturated carbocycles. The molecule has 0 saturated heterocycles. The Morgan fingerprint density at radius 3 is 2.65 bits per heavy atom. The molecule has 1 rings (SSSR count). The van der Waals surface area contributed by atoms with Crippen LogP contribution in [0.2, 0.25) is 0 Å². The van der Waals surface area contributed by atoms with E-state index in [0.717, 1.165) is 0 Å². The van der Waals surface area contributed by atoms with Crippen molar-refractivity contribution in [2.24, 2.45) is 5.73 Å². The zero-order valence-corrected chi connectivity index (χ0v) is 10.2. The van der Waals surface area contributed by atoms with Gasteiger partial charge in [0.15, 0.2) is 11.6 Å². The molecule has 7 heteroatoms. The van der Waals surface area contributed by atoms with Gasteiger partial charge in [0, 0.05) is 6.04 Å². The number of anilines is 2. The number of hydrogen-bond donors (Lipinski definition) is 2. The summed E-state index contributed by atoms with van der Waals surface area (Å²) in [5.74, 6) is 0.599. The number of methoxy groups -OCH3 is 1. The van der Waals surface area contributed by atoms with Crippen LogP contribution in [0.1, 0.15) is 13.8 Å². The van der Waals surface area contributed by atoms with E-state index in [-0.39, 0.29) is 18.4 Å². The number of nitrogens with zero attached hydrogens (tertiary/aromatic N) is 3. The quantitative estimate of drug-likeness (QED) is 0.734. The predicted molar refractivity (Wildman–Crippen MR) is 64.7 cm³/mol. The molecule has 0 bridgehead atoms. The molecule has 1 aromatic rings. The highest BCUT2D eigenvalue weighted by molar-refractivity contribution is 5.80. The Hall–Kier alpha value is -2.05. The topological polar surface area (TPSA) is 107 Å². The van der Waals surface area contributed by atoms with Crippen LogP contribution in [0.25, 0.3) is 0 Å². The molecule has 0 aliphatic carbocycles. The van der Waals surface area contributed by atoms with E-state index in [9.17, 15) is 4.79 Å². The van der Waals surface area contributed by atoms with Gasteiger partial charge in [-0.05, 0) is 13.8 Å². The van der Waals surface area contributed by atoms with E-state index in [1.807, 2.05) is 13.8 Å². The van der Waals surface area contributed by atoms with Gasteiger partial charge in [-0.15, -0.1) is 0 Å². The fourth-order valence-corrected chi connectivity index (χ4v) is 1.45. The van der Waals surface area contributed by atoms with Crippen molar-refractivity contribution in [3.8, 4) is 5.75 Å². The van der Waals surface area contributed by atoms with Crippen LogP contribution in [-0.4, -0.2) is 35.6 Å². The molecule has 7 nitrogen and oxygen atoms in total. The van der Waals surface area contributed by atoms with Gasteiger partial charge in [-0.3, -0.25) is 4.79 Å². The number of ether oxygens (including phenoxy) is 1. The zero-order chi connectivity index (χ0) is 13.0. The number of primary amides is 1. The lowest BCUT2D eigenvalue weighted by molar-refractivity contribution is -0.116. The molecule has 0 aromatic carbocycles. The molecular weight excluding hydrogens is 222 g/mol. The first-order chi connectivity index (χ1) is 7.97. The van der Waals surface area contributed by atoms with Gasteiger partial charge in [0.25, 0.3) is 0 Å². The number of nitrogen functional groups attached to an aromatic ring is 1. The van der Waals surface area contributed by atoms with E-state index in [2.05, 4.69) is 9.97 Å². The maximum Gasteiger partial charge on any atom is 0.237 e. The molecule has 1 heterocycles. The number of aromatic nitrogens is 2. The number of carbonyl (C=O) groups excluding carboxylic acids is 1. The lowest BCUT2D eigenvalue weighted by Crippen LogP contribution is -2.39. The van der Waals surface area contributed by atoms with Crippen molar-refractivity contribution in [3.05, 3.63) is 6.33 Å². The third-order valence-corrected chi connectivity index (χ3v) is 2.24. The van der Waals surface area contributed by atoms with Crippen molar-refractivity contribution in [3.63, 3.8) is 0 Å². The second-order valence-corrected chi connectivity index (χ2v) is 3.80. The molecule has 0 atom stereocenters. The van der Waals surface area contributed by atoms with Gasteiger partial charge in [0.2, 0.25) is 11.7 Å². The summed E-state index contributed by atoms with van der Waals surface area (Å²) in [6.45, 7) is 3.88. The molecular formula is C10H17N5O2. The van der Waals surface area contributed by atoms with Crippen molar-refractivity contribution in [2.75, 3.05) is 24.3 Å². The van der Waals surface area contributed by atoms with Gasteiger partial charge >= 0.3 is 0 Å². The third kappa shape index (κ3) is 2.96. The van der Waals surface area contributed by atoms with Gasteiger partial charge in [0.1, 0.15) is 6.33 Å². The molecule has 1 aromatic heterocycles. The van der Waals surface area contributed by atoms with Gasteiger partial charge in [-0.1, -0.05) is 0 Å². The Balaban J connectivity index is 3.18. The minimum Gasteiger partial charge on any atom is -0.490 e. The predicted octanol–water partition coefficient (Wildman–Crippen LogP) is -0.232. The van der Waals surface area contributed by atoms with Crippen LogP contribution in [-0.2, 0) is 4.79 Å². The van der Waals surface area contributed by atoms with Gasteiger partial charge < -0.3 is 21.1 Å². The van der Waals surface area contributed by atoms with E-state index >= 15 is 0 Å². The summed E-state index contributed by atoms with van der Waals surface area (Å²) in [4.78, 5) is 20.7. The minimum atomic E-state index is -0.446. The minimum absolute atomic E-state index is 0.0331. The number of amides is 1. The van der Waals surface area contributed by atoms with Crippen molar-refractivity contribution >= 4 is 17.5 Å². The maximum absolute atomic E-state index is 11.0. The van der Waals surface area contributed by atoms with Crippen LogP contribution in [0.15, 0.2) is 6.33 Å². The first-order valence-electron chi connectivity index (χ1n) is 5.16. The Morgan fingerprint density at radius 2 is 2.18 bits per heavy atom. The largest absolute Gasteiger partial charge is 0.490 e. The summed E-state index contributed by atoms with van der Waals surface area (Å²) >= 11 is 0. The van der Waals surface area contributed by atoms with Crippen molar-refractivity contribution in [2.45, 2.75) is 19.9 Å². The molecule has 94 valence electrons. The summed E-state index contributed by atoms with van der Waals surface area (Å²) < 4.78 is 5.15. The fourth-order valence-electron chi connectivity index (χ4n) is 1.45. The fraction of sp³-hybridized carbons (Fsp3) is 0.500. The van der Waals surface area contributed by atoms with E-state index < -0.39 is 5.91 Å². The SMILES string of the molecule is COc1c(N)ncnc1N(CC(N)=O)C(C)C. The highest BCUT2D eigenvalue weighted by atomic mass is 16.5. The second kappa shape index (κ2) is 5.33. The highest BCUT2D eigenvalue weighted by Crippen LogP contribution is 2.30. The Labute approximate surface area is 99.8 Å². The normalized spacial score (nSPS) is 10.4. The Morgan fingerprint density at radius 1 is 1.53 bits per heavy atom. The Kier molecular flexibility index (Phi) is 4.08. The summed E-state index contributed by atoms with van der Waals surface area (Å²) in [5, 5.41) is 0. The number of hydrogen-bond acceptors (Lipinski definition) is 6. The van der Waals surface area contributed by atoms with E-state index in [4.69, 9.17) is 16.2 Å². The molecule has 0 fully saturated rings. The number of rotatable bonds is 5. The van der Waals surface area contributed by atoms with Crippen LogP contribution < -0.4 is 21.1 Å².